The fourth-order valence-corrected chi connectivity index (χ4v) is 3.47. The van der Waals surface area contributed by atoms with Crippen LogP contribution in [0.5, 0.6) is 0 Å². The average molecular weight is 226 g/mol. The van der Waals surface area contributed by atoms with Gasteiger partial charge in [-0.1, -0.05) is 0 Å². The number of likely N-dealkylation sites (tertiary alicyclic amines) is 1. The second-order valence-corrected chi connectivity index (χ2v) is 5.74. The molecule has 2 unspecified atom stereocenters. The quantitative estimate of drug-likeness (QED) is 0.786. The van der Waals surface area contributed by atoms with Crippen molar-refractivity contribution in [2.75, 3.05) is 33.4 Å². The van der Waals surface area contributed by atoms with Gasteiger partial charge in [0.2, 0.25) is 0 Å². The number of ether oxygens (including phenoxy) is 1. The Hall–Kier alpha value is -0.120. The van der Waals surface area contributed by atoms with Crippen LogP contribution in [0.1, 0.15) is 33.1 Å². The third kappa shape index (κ3) is 2.27. The molecule has 0 aromatic heterocycles. The van der Waals surface area contributed by atoms with Crippen LogP contribution in [-0.4, -0.2) is 49.8 Å². The molecule has 3 heteroatoms. The van der Waals surface area contributed by atoms with Gasteiger partial charge in [0.15, 0.2) is 0 Å². The number of hydrogen-bond donors (Lipinski definition) is 1. The Labute approximate surface area is 99.5 Å². The van der Waals surface area contributed by atoms with E-state index in [4.69, 9.17) is 4.74 Å². The molecule has 0 bridgehead atoms. The third-order valence-electron chi connectivity index (χ3n) is 4.43. The van der Waals surface area contributed by atoms with Gasteiger partial charge in [0.25, 0.3) is 0 Å². The molecule has 0 aromatic carbocycles. The highest BCUT2D eigenvalue weighted by Gasteiger charge is 2.41. The first kappa shape index (κ1) is 12.3. The second kappa shape index (κ2) is 5.03. The van der Waals surface area contributed by atoms with Gasteiger partial charge in [0.1, 0.15) is 0 Å². The molecule has 3 nitrogen and oxygen atoms in total. The van der Waals surface area contributed by atoms with E-state index in [-0.39, 0.29) is 5.54 Å². The largest absolute Gasteiger partial charge is 0.381 e. The van der Waals surface area contributed by atoms with Crippen molar-refractivity contribution in [2.45, 2.75) is 44.7 Å². The fraction of sp³-hybridized carbons (Fsp3) is 1.00. The summed E-state index contributed by atoms with van der Waals surface area (Å²) in [6, 6.07) is 0.549. The van der Waals surface area contributed by atoms with Gasteiger partial charge in [-0.25, -0.2) is 0 Å². The van der Waals surface area contributed by atoms with E-state index in [0.717, 1.165) is 13.2 Å². The first-order valence-electron chi connectivity index (χ1n) is 6.66. The molecular weight excluding hydrogens is 200 g/mol. The van der Waals surface area contributed by atoms with E-state index >= 15 is 0 Å². The third-order valence-corrected chi connectivity index (χ3v) is 4.43. The summed E-state index contributed by atoms with van der Waals surface area (Å²) < 4.78 is 5.54. The van der Waals surface area contributed by atoms with E-state index in [1.807, 2.05) is 0 Å². The predicted octanol–water partition coefficient (Wildman–Crippen LogP) is 1.49. The molecule has 0 saturated carbocycles. The second-order valence-electron chi connectivity index (χ2n) is 5.74. The summed E-state index contributed by atoms with van der Waals surface area (Å²) in [6.45, 7) is 9.18. The van der Waals surface area contributed by atoms with Crippen LogP contribution in [0.25, 0.3) is 0 Å². The molecule has 2 rings (SSSR count). The first-order valence-corrected chi connectivity index (χ1v) is 6.66. The Morgan fingerprint density at radius 1 is 1.31 bits per heavy atom. The SMILES string of the molecule is CNC(C1CCOC1)C(C)(C)N1CCCC1. The monoisotopic (exact) mass is 226 g/mol. The van der Waals surface area contributed by atoms with Crippen molar-refractivity contribution in [1.29, 1.82) is 0 Å². The summed E-state index contributed by atoms with van der Waals surface area (Å²) in [5, 5.41) is 3.54. The minimum atomic E-state index is 0.254. The van der Waals surface area contributed by atoms with Gasteiger partial charge < -0.3 is 10.1 Å². The first-order chi connectivity index (χ1) is 7.66. The van der Waals surface area contributed by atoms with E-state index in [9.17, 15) is 0 Å². The Kier molecular flexibility index (Phi) is 3.88. The molecule has 0 spiro atoms. The van der Waals surface area contributed by atoms with Gasteiger partial charge in [0, 0.05) is 24.1 Å². The van der Waals surface area contributed by atoms with Gasteiger partial charge in [-0.05, 0) is 53.2 Å². The zero-order chi connectivity index (χ0) is 11.6. The Bertz CT molecular complexity index is 218. The van der Waals surface area contributed by atoms with Crippen molar-refractivity contribution in [2.24, 2.45) is 5.92 Å². The molecule has 2 aliphatic rings. The highest BCUT2D eigenvalue weighted by atomic mass is 16.5. The predicted molar refractivity (Wildman–Crippen MR) is 66.7 cm³/mol. The Morgan fingerprint density at radius 2 is 2.00 bits per heavy atom. The van der Waals surface area contributed by atoms with Crippen LogP contribution in [0.2, 0.25) is 0 Å². The van der Waals surface area contributed by atoms with Gasteiger partial charge in [0.05, 0.1) is 6.61 Å². The number of rotatable bonds is 4. The van der Waals surface area contributed by atoms with Crippen molar-refractivity contribution >= 4 is 0 Å². The molecule has 2 atom stereocenters. The van der Waals surface area contributed by atoms with E-state index < -0.39 is 0 Å². The van der Waals surface area contributed by atoms with Crippen molar-refractivity contribution in [3.63, 3.8) is 0 Å². The maximum atomic E-state index is 5.54. The van der Waals surface area contributed by atoms with Crippen molar-refractivity contribution < 1.29 is 4.74 Å². The zero-order valence-electron chi connectivity index (χ0n) is 11.0. The molecule has 2 heterocycles. The number of nitrogens with one attached hydrogen (secondary N) is 1. The van der Waals surface area contributed by atoms with Gasteiger partial charge in [-0.15, -0.1) is 0 Å². The molecule has 16 heavy (non-hydrogen) atoms. The lowest BCUT2D eigenvalue weighted by Gasteiger charge is -2.44. The van der Waals surface area contributed by atoms with Crippen LogP contribution in [0.15, 0.2) is 0 Å². The fourth-order valence-electron chi connectivity index (χ4n) is 3.47. The van der Waals surface area contributed by atoms with Crippen LogP contribution in [-0.2, 0) is 4.74 Å². The Balaban J connectivity index is 2.05. The van der Waals surface area contributed by atoms with Crippen LogP contribution in [0, 0.1) is 5.92 Å². The van der Waals surface area contributed by atoms with E-state index in [2.05, 4.69) is 31.1 Å². The number of nitrogens with zero attached hydrogens (tertiary/aromatic N) is 1. The number of hydrogen-bond acceptors (Lipinski definition) is 3. The normalized spacial score (nSPS) is 29.8. The van der Waals surface area contributed by atoms with E-state index in [1.54, 1.807) is 0 Å². The molecule has 0 amide bonds. The minimum absolute atomic E-state index is 0.254. The zero-order valence-corrected chi connectivity index (χ0v) is 11.0. The van der Waals surface area contributed by atoms with Crippen LogP contribution >= 0.6 is 0 Å². The van der Waals surface area contributed by atoms with Crippen molar-refractivity contribution in [3.05, 3.63) is 0 Å². The van der Waals surface area contributed by atoms with Crippen molar-refractivity contribution in [1.82, 2.24) is 10.2 Å². The highest BCUT2D eigenvalue weighted by molar-refractivity contribution is 4.98. The molecule has 94 valence electrons. The average Bonchev–Trinajstić information content (AvgIpc) is 2.91. The maximum absolute atomic E-state index is 5.54. The summed E-state index contributed by atoms with van der Waals surface area (Å²) in [6.07, 6.45) is 3.94. The highest BCUT2D eigenvalue weighted by Crippen LogP contribution is 2.31. The minimum Gasteiger partial charge on any atom is -0.381 e. The van der Waals surface area contributed by atoms with Crippen LogP contribution < -0.4 is 5.32 Å². The maximum Gasteiger partial charge on any atom is 0.0510 e. The molecule has 0 radical (unpaired) electrons. The molecular formula is C13H26N2O. The molecule has 2 saturated heterocycles. The summed E-state index contributed by atoms with van der Waals surface area (Å²) in [4.78, 5) is 2.65. The number of likely N-dealkylation sites (N-methyl/N-ethyl adjacent to an activating group) is 1. The van der Waals surface area contributed by atoms with E-state index in [1.165, 1.54) is 32.4 Å². The van der Waals surface area contributed by atoms with Gasteiger partial charge in [-0.3, -0.25) is 4.90 Å². The standard InChI is InChI=1S/C13H26N2O/c1-13(2,15-7-4-5-8-15)12(14-3)11-6-9-16-10-11/h11-12,14H,4-10H2,1-3H3. The van der Waals surface area contributed by atoms with Crippen LogP contribution in [0.4, 0.5) is 0 Å². The summed E-state index contributed by atoms with van der Waals surface area (Å²) in [5.74, 6) is 0.681. The van der Waals surface area contributed by atoms with Gasteiger partial charge >= 0.3 is 0 Å². The molecule has 2 aliphatic heterocycles. The summed E-state index contributed by atoms with van der Waals surface area (Å²) >= 11 is 0. The van der Waals surface area contributed by atoms with Crippen LogP contribution in [0.3, 0.4) is 0 Å². The molecule has 0 aromatic rings. The van der Waals surface area contributed by atoms with Crippen molar-refractivity contribution in [3.8, 4) is 0 Å². The molecule has 0 aliphatic carbocycles. The summed E-state index contributed by atoms with van der Waals surface area (Å²) in [7, 11) is 2.10. The Morgan fingerprint density at radius 3 is 2.50 bits per heavy atom. The van der Waals surface area contributed by atoms with Gasteiger partial charge in [-0.2, -0.15) is 0 Å². The molecule has 2 fully saturated rings. The lowest BCUT2D eigenvalue weighted by atomic mass is 9.82. The summed E-state index contributed by atoms with van der Waals surface area (Å²) in [5.41, 5.74) is 0.254. The molecule has 1 N–H and O–H groups in total. The van der Waals surface area contributed by atoms with E-state index in [0.29, 0.717) is 12.0 Å². The lowest BCUT2D eigenvalue weighted by Crippen LogP contribution is -2.59. The topological polar surface area (TPSA) is 24.5 Å². The lowest BCUT2D eigenvalue weighted by molar-refractivity contribution is 0.0742. The smallest absolute Gasteiger partial charge is 0.0510 e.